The van der Waals surface area contributed by atoms with Crippen LogP contribution in [0.4, 0.5) is 0 Å². The SMILES string of the molecule is COCCNC(=O)CN(C)C(=O)C(CN)CC(C)C. The summed E-state index contributed by atoms with van der Waals surface area (Å²) >= 11 is 0. The molecule has 1 unspecified atom stereocenters. The van der Waals surface area contributed by atoms with Crippen molar-refractivity contribution in [1.82, 2.24) is 10.2 Å². The lowest BCUT2D eigenvalue weighted by atomic mass is 9.96. The fourth-order valence-electron chi connectivity index (χ4n) is 1.82. The molecule has 0 aromatic heterocycles. The monoisotopic (exact) mass is 273 g/mol. The zero-order valence-corrected chi connectivity index (χ0v) is 12.4. The van der Waals surface area contributed by atoms with E-state index in [0.717, 1.165) is 6.42 Å². The van der Waals surface area contributed by atoms with Crippen LogP contribution in [0.5, 0.6) is 0 Å². The first-order chi connectivity index (χ1) is 8.92. The summed E-state index contributed by atoms with van der Waals surface area (Å²) in [5.41, 5.74) is 5.62. The Balaban J connectivity index is 4.19. The van der Waals surface area contributed by atoms with Gasteiger partial charge in [0, 0.05) is 27.2 Å². The van der Waals surface area contributed by atoms with Crippen molar-refractivity contribution in [3.63, 3.8) is 0 Å². The summed E-state index contributed by atoms with van der Waals surface area (Å²) in [6.45, 7) is 5.37. The maximum atomic E-state index is 12.1. The molecule has 1 atom stereocenters. The van der Waals surface area contributed by atoms with Gasteiger partial charge in [0.15, 0.2) is 0 Å². The largest absolute Gasteiger partial charge is 0.383 e. The van der Waals surface area contributed by atoms with Gasteiger partial charge < -0.3 is 20.7 Å². The predicted octanol–water partition coefficient (Wildman–Crippen LogP) is -0.172. The molecule has 2 amide bonds. The third-order valence-corrected chi connectivity index (χ3v) is 2.78. The highest BCUT2D eigenvalue weighted by molar-refractivity contribution is 5.85. The normalized spacial score (nSPS) is 12.3. The van der Waals surface area contributed by atoms with Gasteiger partial charge in [0.05, 0.1) is 19.1 Å². The van der Waals surface area contributed by atoms with Gasteiger partial charge in [-0.2, -0.15) is 0 Å². The lowest BCUT2D eigenvalue weighted by Crippen LogP contribution is -2.43. The summed E-state index contributed by atoms with van der Waals surface area (Å²) in [6, 6.07) is 0. The van der Waals surface area contributed by atoms with Crippen molar-refractivity contribution in [3.05, 3.63) is 0 Å². The van der Waals surface area contributed by atoms with Crippen molar-refractivity contribution in [3.8, 4) is 0 Å². The van der Waals surface area contributed by atoms with Crippen molar-refractivity contribution >= 4 is 11.8 Å². The molecule has 112 valence electrons. The number of methoxy groups -OCH3 is 1. The van der Waals surface area contributed by atoms with E-state index < -0.39 is 0 Å². The lowest BCUT2D eigenvalue weighted by Gasteiger charge is -2.23. The zero-order chi connectivity index (χ0) is 14.8. The van der Waals surface area contributed by atoms with Crippen LogP contribution in [0, 0.1) is 11.8 Å². The lowest BCUT2D eigenvalue weighted by molar-refractivity contribution is -0.138. The zero-order valence-electron chi connectivity index (χ0n) is 12.4. The van der Waals surface area contributed by atoms with Crippen LogP contribution >= 0.6 is 0 Å². The van der Waals surface area contributed by atoms with E-state index in [4.69, 9.17) is 10.5 Å². The number of hydrogen-bond donors (Lipinski definition) is 2. The summed E-state index contributed by atoms with van der Waals surface area (Å²) < 4.78 is 4.83. The molecule has 3 N–H and O–H groups in total. The Morgan fingerprint density at radius 3 is 2.47 bits per heavy atom. The van der Waals surface area contributed by atoms with Gasteiger partial charge in [0.25, 0.3) is 0 Å². The molecule has 0 heterocycles. The van der Waals surface area contributed by atoms with Crippen LogP contribution in [-0.4, -0.2) is 57.1 Å². The number of hydrogen-bond acceptors (Lipinski definition) is 4. The van der Waals surface area contributed by atoms with Crippen LogP contribution in [0.2, 0.25) is 0 Å². The molecule has 0 aromatic rings. The van der Waals surface area contributed by atoms with Gasteiger partial charge in [-0.15, -0.1) is 0 Å². The molecular formula is C13H27N3O3. The highest BCUT2D eigenvalue weighted by Gasteiger charge is 2.22. The van der Waals surface area contributed by atoms with E-state index in [-0.39, 0.29) is 24.3 Å². The number of nitrogens with one attached hydrogen (secondary N) is 1. The van der Waals surface area contributed by atoms with Gasteiger partial charge >= 0.3 is 0 Å². The number of carbonyl (C=O) groups excluding carboxylic acids is 2. The smallest absolute Gasteiger partial charge is 0.239 e. The van der Waals surface area contributed by atoms with Gasteiger partial charge in [-0.3, -0.25) is 9.59 Å². The van der Waals surface area contributed by atoms with E-state index >= 15 is 0 Å². The molecule has 0 aromatic carbocycles. The van der Waals surface area contributed by atoms with Crippen LogP contribution in [0.1, 0.15) is 20.3 Å². The number of rotatable bonds is 9. The van der Waals surface area contributed by atoms with E-state index in [0.29, 0.717) is 25.6 Å². The van der Waals surface area contributed by atoms with Crippen LogP contribution in [0.25, 0.3) is 0 Å². The molecule has 0 saturated heterocycles. The number of amides is 2. The first-order valence-corrected chi connectivity index (χ1v) is 6.63. The third kappa shape index (κ3) is 7.79. The molecule has 0 fully saturated rings. The summed E-state index contributed by atoms with van der Waals surface area (Å²) in [5, 5.41) is 2.68. The molecule has 0 spiro atoms. The fourth-order valence-corrected chi connectivity index (χ4v) is 1.82. The van der Waals surface area contributed by atoms with Crippen LogP contribution in [0.3, 0.4) is 0 Å². The number of nitrogens with two attached hydrogens (primary N) is 1. The molecule has 0 aliphatic heterocycles. The highest BCUT2D eigenvalue weighted by atomic mass is 16.5. The van der Waals surface area contributed by atoms with Crippen molar-refractivity contribution < 1.29 is 14.3 Å². The van der Waals surface area contributed by atoms with Crippen molar-refractivity contribution in [2.24, 2.45) is 17.6 Å². The average molecular weight is 273 g/mol. The molecule has 6 heteroatoms. The number of nitrogens with zero attached hydrogens (tertiary/aromatic N) is 1. The van der Waals surface area contributed by atoms with Crippen LogP contribution in [-0.2, 0) is 14.3 Å². The molecule has 0 rings (SSSR count). The Hall–Kier alpha value is -1.14. The molecular weight excluding hydrogens is 246 g/mol. The first-order valence-electron chi connectivity index (χ1n) is 6.63. The molecule has 0 aliphatic carbocycles. The Kier molecular flexibility index (Phi) is 9.16. The molecule has 0 saturated carbocycles. The van der Waals surface area contributed by atoms with Crippen LogP contribution in [0.15, 0.2) is 0 Å². The molecule has 0 bridgehead atoms. The van der Waals surface area contributed by atoms with E-state index in [1.165, 1.54) is 4.90 Å². The second-order valence-corrected chi connectivity index (χ2v) is 5.10. The summed E-state index contributed by atoms with van der Waals surface area (Å²) in [6.07, 6.45) is 0.741. The first kappa shape index (κ1) is 17.9. The Labute approximate surface area is 115 Å². The standard InChI is InChI=1S/C13H27N3O3/c1-10(2)7-11(8-14)13(18)16(3)9-12(17)15-5-6-19-4/h10-11H,5-9,14H2,1-4H3,(H,15,17). The minimum Gasteiger partial charge on any atom is -0.383 e. The Morgan fingerprint density at radius 1 is 1.37 bits per heavy atom. The van der Waals surface area contributed by atoms with Crippen molar-refractivity contribution in [1.29, 1.82) is 0 Å². The van der Waals surface area contributed by atoms with Crippen molar-refractivity contribution in [2.75, 3.05) is 40.4 Å². The van der Waals surface area contributed by atoms with Gasteiger partial charge in [0.1, 0.15) is 0 Å². The molecule has 0 aliphatic rings. The second kappa shape index (κ2) is 9.75. The van der Waals surface area contributed by atoms with Crippen LogP contribution < -0.4 is 11.1 Å². The second-order valence-electron chi connectivity index (χ2n) is 5.10. The minimum absolute atomic E-state index is 0.0527. The minimum atomic E-state index is -0.211. The van der Waals surface area contributed by atoms with E-state index in [1.54, 1.807) is 14.2 Å². The highest BCUT2D eigenvalue weighted by Crippen LogP contribution is 2.12. The van der Waals surface area contributed by atoms with E-state index in [2.05, 4.69) is 5.32 Å². The number of ether oxygens (including phenoxy) is 1. The van der Waals surface area contributed by atoms with E-state index in [9.17, 15) is 9.59 Å². The Bertz CT molecular complexity index is 282. The van der Waals surface area contributed by atoms with Crippen molar-refractivity contribution in [2.45, 2.75) is 20.3 Å². The Morgan fingerprint density at radius 2 is 2.00 bits per heavy atom. The number of likely N-dealkylation sites (N-methyl/N-ethyl adjacent to an activating group) is 1. The quantitative estimate of drug-likeness (QED) is 0.571. The summed E-state index contributed by atoms with van der Waals surface area (Å²) in [7, 11) is 3.20. The predicted molar refractivity (Wildman–Crippen MR) is 74.5 cm³/mol. The molecule has 0 radical (unpaired) electrons. The fraction of sp³-hybridized carbons (Fsp3) is 0.846. The maximum Gasteiger partial charge on any atom is 0.239 e. The summed E-state index contributed by atoms with van der Waals surface area (Å²) in [4.78, 5) is 25.1. The third-order valence-electron chi connectivity index (χ3n) is 2.78. The maximum absolute atomic E-state index is 12.1. The summed E-state index contributed by atoms with van der Waals surface area (Å²) in [5.74, 6) is -0.0653. The van der Waals surface area contributed by atoms with Gasteiger partial charge in [0.2, 0.25) is 11.8 Å². The van der Waals surface area contributed by atoms with Gasteiger partial charge in [-0.25, -0.2) is 0 Å². The average Bonchev–Trinajstić information content (AvgIpc) is 2.35. The topological polar surface area (TPSA) is 84.7 Å². The molecule has 6 nitrogen and oxygen atoms in total. The van der Waals surface area contributed by atoms with E-state index in [1.807, 2.05) is 13.8 Å². The number of carbonyl (C=O) groups is 2. The van der Waals surface area contributed by atoms with Gasteiger partial charge in [-0.05, 0) is 12.3 Å². The molecule has 19 heavy (non-hydrogen) atoms. The van der Waals surface area contributed by atoms with Gasteiger partial charge in [-0.1, -0.05) is 13.8 Å².